The number of aromatic nitrogens is 3. The number of benzene rings is 2. The second-order valence-electron chi connectivity index (χ2n) is 5.76. The van der Waals surface area contributed by atoms with Gasteiger partial charge in [0.25, 0.3) is 0 Å². The fourth-order valence-corrected chi connectivity index (χ4v) is 2.64. The van der Waals surface area contributed by atoms with Gasteiger partial charge in [-0.15, -0.1) is 0 Å². The molecule has 0 aliphatic carbocycles. The maximum Gasteiger partial charge on any atom is 0.216 e. The van der Waals surface area contributed by atoms with E-state index >= 15 is 0 Å². The average Bonchev–Trinajstić information content (AvgIpc) is 2.95. The van der Waals surface area contributed by atoms with Crippen molar-refractivity contribution in [3.63, 3.8) is 0 Å². The van der Waals surface area contributed by atoms with Crippen LogP contribution in [0, 0.1) is 18.6 Å². The molecular formula is C18H18N4O3S. The average molecular weight is 370 g/mol. The predicted molar refractivity (Wildman–Crippen MR) is 100 cm³/mol. The van der Waals surface area contributed by atoms with Gasteiger partial charge in [0.05, 0.1) is 6.21 Å². The summed E-state index contributed by atoms with van der Waals surface area (Å²) in [6.07, 6.45) is 1.51. The number of nitrogens with zero attached hydrogens (tertiary/aromatic N) is 3. The molecule has 134 valence electrons. The first-order valence-corrected chi connectivity index (χ1v) is 8.28. The Morgan fingerprint density at radius 1 is 1.19 bits per heavy atom. The van der Waals surface area contributed by atoms with E-state index in [2.05, 4.69) is 15.3 Å². The number of aryl methyl sites for hydroxylation is 2. The van der Waals surface area contributed by atoms with Crippen molar-refractivity contribution in [1.82, 2.24) is 14.9 Å². The van der Waals surface area contributed by atoms with Gasteiger partial charge in [-0.3, -0.25) is 0 Å². The quantitative estimate of drug-likeness (QED) is 0.363. The van der Waals surface area contributed by atoms with Crippen LogP contribution in [-0.4, -0.2) is 31.3 Å². The second kappa shape index (κ2) is 7.40. The summed E-state index contributed by atoms with van der Waals surface area (Å²) < 4.78 is 7.67. The monoisotopic (exact) mass is 370 g/mol. The van der Waals surface area contributed by atoms with E-state index in [4.69, 9.17) is 17.0 Å². The van der Waals surface area contributed by atoms with Gasteiger partial charge >= 0.3 is 0 Å². The molecule has 0 radical (unpaired) electrons. The Morgan fingerprint density at radius 2 is 1.92 bits per heavy atom. The highest BCUT2D eigenvalue weighted by Crippen LogP contribution is 2.24. The van der Waals surface area contributed by atoms with Crippen molar-refractivity contribution < 1.29 is 14.9 Å². The van der Waals surface area contributed by atoms with E-state index in [0.29, 0.717) is 16.2 Å². The molecule has 3 aromatic rings. The fraction of sp³-hybridized carbons (Fsp3) is 0.167. The molecule has 3 rings (SSSR count). The Bertz CT molecular complexity index is 1000. The number of nitrogens with one attached hydrogen (secondary N) is 1. The lowest BCUT2D eigenvalue weighted by atomic mass is 10.1. The first kappa shape index (κ1) is 17.7. The highest BCUT2D eigenvalue weighted by Gasteiger charge is 2.09. The molecule has 0 bridgehead atoms. The lowest BCUT2D eigenvalue weighted by Gasteiger charge is -2.11. The highest BCUT2D eigenvalue weighted by atomic mass is 32.1. The highest BCUT2D eigenvalue weighted by molar-refractivity contribution is 7.71. The van der Waals surface area contributed by atoms with Crippen LogP contribution in [0.15, 0.2) is 41.5 Å². The van der Waals surface area contributed by atoms with Crippen LogP contribution in [0.1, 0.15) is 22.5 Å². The van der Waals surface area contributed by atoms with Crippen LogP contribution in [0.4, 0.5) is 0 Å². The molecule has 0 saturated carbocycles. The molecule has 2 aromatic carbocycles. The zero-order chi connectivity index (χ0) is 18.7. The van der Waals surface area contributed by atoms with Gasteiger partial charge in [0, 0.05) is 0 Å². The Balaban J connectivity index is 1.81. The minimum absolute atomic E-state index is 0.190. The minimum atomic E-state index is -0.219. The summed E-state index contributed by atoms with van der Waals surface area (Å²) in [5.74, 6) is 0.908. The molecule has 0 spiro atoms. The molecule has 1 aromatic heterocycles. The van der Waals surface area contributed by atoms with E-state index in [1.807, 2.05) is 32.0 Å². The van der Waals surface area contributed by atoms with Crippen LogP contribution < -0.4 is 4.74 Å². The summed E-state index contributed by atoms with van der Waals surface area (Å²) in [4.78, 5) is 0. The molecule has 0 aliphatic rings. The number of para-hydroxylation sites is 1. The van der Waals surface area contributed by atoms with Crippen molar-refractivity contribution in [1.29, 1.82) is 0 Å². The summed E-state index contributed by atoms with van der Waals surface area (Å²) in [7, 11) is 0. The number of aromatic hydroxyl groups is 2. The van der Waals surface area contributed by atoms with Crippen molar-refractivity contribution >= 4 is 18.4 Å². The predicted octanol–water partition coefficient (Wildman–Crippen LogP) is 3.43. The normalized spacial score (nSPS) is 11.2. The Labute approximate surface area is 155 Å². The molecule has 0 fully saturated rings. The van der Waals surface area contributed by atoms with Crippen LogP contribution >= 0.6 is 12.2 Å². The summed E-state index contributed by atoms with van der Waals surface area (Å²) in [6, 6.07) is 10.3. The van der Waals surface area contributed by atoms with Crippen molar-refractivity contribution in [2.24, 2.45) is 5.10 Å². The molecule has 0 amide bonds. The number of hydrogen-bond donors (Lipinski definition) is 3. The van der Waals surface area contributed by atoms with E-state index in [1.165, 1.54) is 23.0 Å². The largest absolute Gasteiger partial charge is 0.504 e. The van der Waals surface area contributed by atoms with Gasteiger partial charge in [0.1, 0.15) is 12.4 Å². The maximum absolute atomic E-state index is 9.55. The standard InChI is InChI=1S/C18H18N4O3S/c1-11-4-3-5-12(2)17(11)25-10-16-20-21-18(26)22(16)19-9-13-6-7-14(23)15(24)8-13/h3-9,23-24H,10H2,1-2H3,(H,21,26)/b19-9+. The van der Waals surface area contributed by atoms with E-state index in [9.17, 15) is 10.2 Å². The van der Waals surface area contributed by atoms with Crippen LogP contribution in [0.3, 0.4) is 0 Å². The van der Waals surface area contributed by atoms with E-state index < -0.39 is 0 Å². The number of ether oxygens (including phenoxy) is 1. The number of hydrogen-bond acceptors (Lipinski definition) is 6. The van der Waals surface area contributed by atoms with Crippen molar-refractivity contribution in [2.75, 3.05) is 0 Å². The lowest BCUT2D eigenvalue weighted by Crippen LogP contribution is -2.05. The van der Waals surface area contributed by atoms with Crippen LogP contribution in [0.25, 0.3) is 0 Å². The van der Waals surface area contributed by atoms with Crippen molar-refractivity contribution in [3.8, 4) is 17.2 Å². The molecule has 0 saturated heterocycles. The second-order valence-corrected chi connectivity index (χ2v) is 6.15. The van der Waals surface area contributed by atoms with E-state index in [1.54, 1.807) is 6.07 Å². The number of phenolic OH excluding ortho intramolecular Hbond substituents is 2. The zero-order valence-corrected chi connectivity index (χ0v) is 15.1. The molecular weight excluding hydrogens is 352 g/mol. The third-order valence-electron chi connectivity index (χ3n) is 3.79. The van der Waals surface area contributed by atoms with Gasteiger partial charge < -0.3 is 14.9 Å². The van der Waals surface area contributed by atoms with Crippen LogP contribution in [0.2, 0.25) is 0 Å². The van der Waals surface area contributed by atoms with E-state index in [0.717, 1.165) is 16.9 Å². The minimum Gasteiger partial charge on any atom is -0.504 e. The van der Waals surface area contributed by atoms with Gasteiger partial charge in [-0.1, -0.05) is 18.2 Å². The first-order valence-electron chi connectivity index (χ1n) is 7.87. The lowest BCUT2D eigenvalue weighted by molar-refractivity contribution is 0.287. The molecule has 3 N–H and O–H groups in total. The summed E-state index contributed by atoms with van der Waals surface area (Å²) in [5.41, 5.74) is 2.67. The number of rotatable bonds is 5. The Kier molecular flexibility index (Phi) is 5.04. The fourth-order valence-electron chi connectivity index (χ4n) is 2.45. The van der Waals surface area contributed by atoms with E-state index in [-0.39, 0.29) is 18.1 Å². The number of phenols is 2. The Hall–Kier alpha value is -3.13. The molecule has 1 heterocycles. The third-order valence-corrected chi connectivity index (χ3v) is 4.06. The molecule has 0 aliphatic heterocycles. The summed E-state index contributed by atoms with van der Waals surface area (Å²) >= 11 is 5.20. The van der Waals surface area contributed by atoms with Crippen molar-refractivity contribution in [3.05, 3.63) is 63.7 Å². The molecule has 8 heteroatoms. The van der Waals surface area contributed by atoms with Crippen molar-refractivity contribution in [2.45, 2.75) is 20.5 Å². The van der Waals surface area contributed by atoms with Gasteiger partial charge in [0.2, 0.25) is 4.77 Å². The smallest absolute Gasteiger partial charge is 0.216 e. The molecule has 0 atom stereocenters. The molecule has 0 unspecified atom stereocenters. The topological polar surface area (TPSA) is 95.7 Å². The van der Waals surface area contributed by atoms with Gasteiger partial charge in [0.15, 0.2) is 17.3 Å². The molecule has 7 nitrogen and oxygen atoms in total. The van der Waals surface area contributed by atoms with Gasteiger partial charge in [-0.25, -0.2) is 5.10 Å². The Morgan fingerprint density at radius 3 is 2.62 bits per heavy atom. The third kappa shape index (κ3) is 3.75. The SMILES string of the molecule is Cc1cccc(C)c1OCc1n[nH]c(=S)n1/N=C/c1ccc(O)c(O)c1. The number of aromatic amines is 1. The van der Waals surface area contributed by atoms with Gasteiger partial charge in [-0.05, 0) is 61.0 Å². The van der Waals surface area contributed by atoms with Crippen LogP contribution in [-0.2, 0) is 6.61 Å². The van der Waals surface area contributed by atoms with Gasteiger partial charge in [-0.2, -0.15) is 14.9 Å². The summed E-state index contributed by atoms with van der Waals surface area (Å²) in [6.45, 7) is 4.15. The maximum atomic E-state index is 9.55. The first-order chi connectivity index (χ1) is 12.5. The molecule has 26 heavy (non-hydrogen) atoms. The number of H-pyrrole nitrogens is 1. The zero-order valence-electron chi connectivity index (χ0n) is 14.3. The summed E-state index contributed by atoms with van der Waals surface area (Å²) in [5, 5.41) is 30.0. The van der Waals surface area contributed by atoms with Crippen LogP contribution in [0.5, 0.6) is 17.2 Å².